The third kappa shape index (κ3) is 7.15. The molecule has 1 aromatic rings. The summed E-state index contributed by atoms with van der Waals surface area (Å²) in [5.41, 5.74) is 0.195. The maximum atomic E-state index is 13.3. The summed E-state index contributed by atoms with van der Waals surface area (Å²) in [5.74, 6) is 1.15. The Labute approximate surface area is 180 Å². The number of carbonyl (C=O) groups excluding carboxylic acids is 2. The molecular formula is C24H38N2O4. The molecule has 2 atom stereocenters. The minimum atomic E-state index is -0.0226. The van der Waals surface area contributed by atoms with E-state index >= 15 is 0 Å². The average Bonchev–Trinajstić information content (AvgIpc) is 3.12. The Morgan fingerprint density at radius 2 is 1.97 bits per heavy atom. The van der Waals surface area contributed by atoms with Gasteiger partial charge in [-0.2, -0.15) is 0 Å². The minimum Gasteiger partial charge on any atom is -0.467 e. The number of nitrogens with zero attached hydrogens (tertiary/aromatic N) is 2. The molecule has 2 heterocycles. The topological polar surface area (TPSA) is 63.0 Å². The molecule has 30 heavy (non-hydrogen) atoms. The van der Waals surface area contributed by atoms with E-state index in [0.717, 1.165) is 44.5 Å². The lowest BCUT2D eigenvalue weighted by Crippen LogP contribution is -2.46. The summed E-state index contributed by atoms with van der Waals surface area (Å²) in [4.78, 5) is 29.9. The molecule has 1 aromatic heterocycles. The number of rotatable bonds is 10. The van der Waals surface area contributed by atoms with E-state index in [0.29, 0.717) is 25.4 Å². The molecule has 6 nitrogen and oxygen atoms in total. The normalized spacial score (nSPS) is 20.2. The van der Waals surface area contributed by atoms with Crippen molar-refractivity contribution in [2.24, 2.45) is 11.3 Å². The van der Waals surface area contributed by atoms with E-state index < -0.39 is 0 Å². The molecule has 168 valence electrons. The van der Waals surface area contributed by atoms with Gasteiger partial charge in [0.2, 0.25) is 11.8 Å². The summed E-state index contributed by atoms with van der Waals surface area (Å²) in [6.45, 7) is 10.6. The highest BCUT2D eigenvalue weighted by atomic mass is 16.5. The van der Waals surface area contributed by atoms with Crippen molar-refractivity contribution in [2.75, 3.05) is 19.7 Å². The Bertz CT molecular complexity index is 685. The van der Waals surface area contributed by atoms with E-state index in [-0.39, 0.29) is 35.9 Å². The van der Waals surface area contributed by atoms with Gasteiger partial charge in [0.05, 0.1) is 18.9 Å². The Hall–Kier alpha value is -1.82. The van der Waals surface area contributed by atoms with Gasteiger partial charge in [-0.1, -0.05) is 27.7 Å². The first-order valence-corrected chi connectivity index (χ1v) is 11.4. The summed E-state index contributed by atoms with van der Waals surface area (Å²) in [6.07, 6.45) is 7.19. The van der Waals surface area contributed by atoms with Crippen LogP contribution in [0.15, 0.2) is 22.8 Å². The standard InChI is InChI=1S/C24H38N2O4/c1-18(14-24(2,3)4)13-22(27)26(19-9-10-19)17-23(28)25(15-20-7-5-11-29-20)16-21-8-6-12-30-21/h5,7,11,18-19,21H,6,8-10,12-17H2,1-4H3. The van der Waals surface area contributed by atoms with Crippen LogP contribution >= 0.6 is 0 Å². The molecule has 0 bridgehead atoms. The smallest absolute Gasteiger partial charge is 0.242 e. The fraction of sp³-hybridized carbons (Fsp3) is 0.750. The lowest BCUT2D eigenvalue weighted by atomic mass is 9.84. The lowest BCUT2D eigenvalue weighted by molar-refractivity contribution is -0.143. The van der Waals surface area contributed by atoms with E-state index in [9.17, 15) is 9.59 Å². The van der Waals surface area contributed by atoms with Crippen molar-refractivity contribution in [2.45, 2.75) is 84.9 Å². The largest absolute Gasteiger partial charge is 0.467 e. The van der Waals surface area contributed by atoms with Crippen molar-refractivity contribution in [3.8, 4) is 0 Å². The van der Waals surface area contributed by atoms with E-state index in [2.05, 4.69) is 27.7 Å². The maximum Gasteiger partial charge on any atom is 0.242 e. The fourth-order valence-corrected chi connectivity index (χ4v) is 4.47. The second kappa shape index (κ2) is 9.99. The van der Waals surface area contributed by atoms with Gasteiger partial charge in [-0.3, -0.25) is 9.59 Å². The summed E-state index contributed by atoms with van der Waals surface area (Å²) in [5, 5.41) is 0. The van der Waals surface area contributed by atoms with Gasteiger partial charge in [-0.15, -0.1) is 0 Å². The van der Waals surface area contributed by atoms with Crippen LogP contribution in [0.4, 0.5) is 0 Å². The maximum absolute atomic E-state index is 13.3. The van der Waals surface area contributed by atoms with Gasteiger partial charge in [0, 0.05) is 25.6 Å². The van der Waals surface area contributed by atoms with Crippen LogP contribution in [0.5, 0.6) is 0 Å². The van der Waals surface area contributed by atoms with Crippen LogP contribution in [0.2, 0.25) is 0 Å². The fourth-order valence-electron chi connectivity index (χ4n) is 4.47. The zero-order valence-corrected chi connectivity index (χ0v) is 19.1. The molecule has 1 aliphatic carbocycles. The van der Waals surface area contributed by atoms with Crippen LogP contribution in [-0.2, 0) is 20.9 Å². The predicted molar refractivity (Wildman–Crippen MR) is 116 cm³/mol. The van der Waals surface area contributed by atoms with Gasteiger partial charge in [0.1, 0.15) is 12.3 Å². The van der Waals surface area contributed by atoms with Gasteiger partial charge < -0.3 is 19.0 Å². The Kier molecular flexibility index (Phi) is 7.61. The number of ether oxygens (including phenoxy) is 1. The summed E-state index contributed by atoms with van der Waals surface area (Å²) in [7, 11) is 0. The zero-order valence-electron chi connectivity index (χ0n) is 19.1. The van der Waals surface area contributed by atoms with Crippen LogP contribution in [0.3, 0.4) is 0 Å². The average molecular weight is 419 g/mol. The van der Waals surface area contributed by atoms with Gasteiger partial charge in [-0.05, 0) is 55.6 Å². The lowest BCUT2D eigenvalue weighted by Gasteiger charge is -2.30. The van der Waals surface area contributed by atoms with Crippen molar-refractivity contribution >= 4 is 11.8 Å². The Morgan fingerprint density at radius 3 is 2.53 bits per heavy atom. The van der Waals surface area contributed by atoms with Gasteiger partial charge >= 0.3 is 0 Å². The monoisotopic (exact) mass is 418 g/mol. The highest BCUT2D eigenvalue weighted by Gasteiger charge is 2.36. The molecule has 6 heteroatoms. The quantitative estimate of drug-likeness (QED) is 0.570. The van der Waals surface area contributed by atoms with Crippen LogP contribution in [0, 0.1) is 11.3 Å². The Morgan fingerprint density at radius 1 is 1.20 bits per heavy atom. The summed E-state index contributed by atoms with van der Waals surface area (Å²) < 4.78 is 11.2. The van der Waals surface area contributed by atoms with Gasteiger partial charge in [0.15, 0.2) is 0 Å². The third-order valence-electron chi connectivity index (χ3n) is 5.83. The van der Waals surface area contributed by atoms with Gasteiger partial charge in [-0.25, -0.2) is 0 Å². The number of hydrogen-bond acceptors (Lipinski definition) is 4. The molecule has 0 aromatic carbocycles. The Balaban J connectivity index is 1.62. The second-order valence-corrected chi connectivity index (χ2v) is 10.3. The molecule has 0 spiro atoms. The molecule has 2 unspecified atom stereocenters. The second-order valence-electron chi connectivity index (χ2n) is 10.3. The molecule has 2 amide bonds. The molecule has 0 radical (unpaired) electrons. The van der Waals surface area contributed by atoms with E-state index in [1.165, 1.54) is 0 Å². The third-order valence-corrected chi connectivity index (χ3v) is 5.83. The number of hydrogen-bond donors (Lipinski definition) is 0. The number of carbonyl (C=O) groups is 2. The van der Waals surface area contributed by atoms with Gasteiger partial charge in [0.25, 0.3) is 0 Å². The number of amides is 2. The van der Waals surface area contributed by atoms with E-state index in [1.54, 1.807) is 11.2 Å². The van der Waals surface area contributed by atoms with Crippen LogP contribution in [0.25, 0.3) is 0 Å². The highest BCUT2D eigenvalue weighted by molar-refractivity contribution is 5.85. The summed E-state index contributed by atoms with van der Waals surface area (Å²) in [6, 6.07) is 3.94. The van der Waals surface area contributed by atoms with Crippen LogP contribution < -0.4 is 0 Å². The first kappa shape index (κ1) is 22.9. The van der Waals surface area contributed by atoms with Crippen molar-refractivity contribution in [1.82, 2.24) is 9.80 Å². The van der Waals surface area contributed by atoms with Crippen LogP contribution in [0.1, 0.15) is 72.0 Å². The summed E-state index contributed by atoms with van der Waals surface area (Å²) >= 11 is 0. The van der Waals surface area contributed by atoms with Crippen molar-refractivity contribution in [3.05, 3.63) is 24.2 Å². The molecule has 2 fully saturated rings. The zero-order chi connectivity index (χ0) is 21.7. The van der Waals surface area contributed by atoms with Crippen molar-refractivity contribution in [1.29, 1.82) is 0 Å². The number of furan rings is 1. The SMILES string of the molecule is CC(CC(=O)N(CC(=O)N(Cc1ccco1)CC1CCCO1)C1CC1)CC(C)(C)C. The molecular weight excluding hydrogens is 380 g/mol. The molecule has 2 aliphatic rings. The van der Waals surface area contributed by atoms with E-state index in [4.69, 9.17) is 9.15 Å². The highest BCUT2D eigenvalue weighted by Crippen LogP contribution is 2.30. The van der Waals surface area contributed by atoms with E-state index in [1.807, 2.05) is 17.0 Å². The first-order valence-electron chi connectivity index (χ1n) is 11.4. The van der Waals surface area contributed by atoms with Crippen molar-refractivity contribution < 1.29 is 18.7 Å². The van der Waals surface area contributed by atoms with Crippen LogP contribution in [-0.4, -0.2) is 53.5 Å². The first-order chi connectivity index (χ1) is 14.2. The predicted octanol–water partition coefficient (Wildman–Crippen LogP) is 4.24. The molecule has 1 aliphatic heterocycles. The van der Waals surface area contributed by atoms with Crippen molar-refractivity contribution in [3.63, 3.8) is 0 Å². The minimum absolute atomic E-state index is 0.0226. The molecule has 0 N–H and O–H groups in total. The molecule has 3 rings (SSSR count). The molecule has 1 saturated carbocycles. The molecule has 1 saturated heterocycles.